The van der Waals surface area contributed by atoms with Crippen LogP contribution in [0.1, 0.15) is 44.1 Å². The lowest BCUT2D eigenvalue weighted by molar-refractivity contribution is -0.132. The topological polar surface area (TPSA) is 32.8 Å². The summed E-state index contributed by atoms with van der Waals surface area (Å²) >= 11 is 12.3. The van der Waals surface area contributed by atoms with Crippen molar-refractivity contribution in [3.8, 4) is 0 Å². The standard InChI is InChI=1S/C26H32Cl2N2O2/c1-29(23(31)17-18-8-9-21(27)22(28)16-18)24-19-6-2-3-7-20(19)26(10-14-32-15-11-26)25(24)30-12-4-5-13-30/h2,6,8-9,16,24-25H,3-5,7,10-15,17H2,1H3/t24-,25+/m0/s1. The maximum Gasteiger partial charge on any atom is 0.227 e. The summed E-state index contributed by atoms with van der Waals surface area (Å²) in [6.45, 7) is 3.89. The molecule has 0 bridgehead atoms. The van der Waals surface area contributed by atoms with Gasteiger partial charge in [-0.25, -0.2) is 0 Å². The smallest absolute Gasteiger partial charge is 0.227 e. The second-order valence-corrected chi connectivity index (χ2v) is 10.5. The van der Waals surface area contributed by atoms with Crippen molar-refractivity contribution in [2.24, 2.45) is 5.41 Å². The van der Waals surface area contributed by atoms with Crippen LogP contribution < -0.4 is 0 Å². The van der Waals surface area contributed by atoms with E-state index in [1.54, 1.807) is 11.6 Å². The van der Waals surface area contributed by atoms with E-state index < -0.39 is 0 Å². The molecule has 2 aliphatic carbocycles. The summed E-state index contributed by atoms with van der Waals surface area (Å²) in [6.07, 6.45) is 11.8. The van der Waals surface area contributed by atoms with Gasteiger partial charge >= 0.3 is 0 Å². The quantitative estimate of drug-likeness (QED) is 0.594. The van der Waals surface area contributed by atoms with Crippen molar-refractivity contribution in [1.29, 1.82) is 0 Å². The molecule has 6 heteroatoms. The Morgan fingerprint density at radius 2 is 1.94 bits per heavy atom. The number of likely N-dealkylation sites (N-methyl/N-ethyl adjacent to an activating group) is 1. The van der Waals surface area contributed by atoms with Crippen molar-refractivity contribution in [2.75, 3.05) is 33.4 Å². The van der Waals surface area contributed by atoms with E-state index in [1.165, 1.54) is 18.4 Å². The van der Waals surface area contributed by atoms with Crippen molar-refractivity contribution < 1.29 is 9.53 Å². The molecule has 0 unspecified atom stereocenters. The van der Waals surface area contributed by atoms with Crippen LogP contribution >= 0.6 is 23.2 Å². The van der Waals surface area contributed by atoms with Gasteiger partial charge in [0.1, 0.15) is 0 Å². The van der Waals surface area contributed by atoms with Gasteiger partial charge in [0.2, 0.25) is 5.91 Å². The molecule has 1 aromatic carbocycles. The zero-order valence-corrected chi connectivity index (χ0v) is 20.3. The molecule has 0 aromatic heterocycles. The van der Waals surface area contributed by atoms with E-state index in [0.717, 1.165) is 57.6 Å². The van der Waals surface area contributed by atoms with E-state index in [-0.39, 0.29) is 17.4 Å². The molecule has 0 radical (unpaired) electrons. The average Bonchev–Trinajstić information content (AvgIpc) is 3.42. The molecule has 2 atom stereocenters. The van der Waals surface area contributed by atoms with Crippen molar-refractivity contribution >= 4 is 29.1 Å². The Labute approximate surface area is 201 Å². The summed E-state index contributed by atoms with van der Waals surface area (Å²) in [4.78, 5) is 18.3. The predicted octanol–water partition coefficient (Wildman–Crippen LogP) is 5.28. The van der Waals surface area contributed by atoms with E-state index in [2.05, 4.69) is 17.1 Å². The Morgan fingerprint density at radius 1 is 1.19 bits per heavy atom. The molecular weight excluding hydrogens is 443 g/mol. The van der Waals surface area contributed by atoms with Gasteiger partial charge < -0.3 is 9.64 Å². The molecule has 0 N–H and O–H groups in total. The number of hydrogen-bond donors (Lipinski definition) is 0. The van der Waals surface area contributed by atoms with Gasteiger partial charge in [0.05, 0.1) is 22.5 Å². The first-order valence-electron chi connectivity index (χ1n) is 11.9. The fraction of sp³-hybridized carbons (Fsp3) is 0.577. The second kappa shape index (κ2) is 9.13. The largest absolute Gasteiger partial charge is 0.381 e. The minimum Gasteiger partial charge on any atom is -0.381 e. The Bertz CT molecular complexity index is 945. The van der Waals surface area contributed by atoms with Crippen molar-refractivity contribution in [2.45, 2.75) is 57.0 Å². The molecule has 1 aromatic rings. The van der Waals surface area contributed by atoms with Gasteiger partial charge in [-0.3, -0.25) is 9.69 Å². The molecule has 172 valence electrons. The number of carbonyl (C=O) groups is 1. The Hall–Kier alpha value is -1.33. The van der Waals surface area contributed by atoms with Gasteiger partial charge in [-0.1, -0.05) is 47.0 Å². The van der Waals surface area contributed by atoms with E-state index in [9.17, 15) is 4.79 Å². The highest BCUT2D eigenvalue weighted by molar-refractivity contribution is 6.42. The first-order chi connectivity index (χ1) is 15.5. The Morgan fingerprint density at radius 3 is 2.66 bits per heavy atom. The monoisotopic (exact) mass is 474 g/mol. The molecule has 2 fully saturated rings. The third-order valence-corrected chi connectivity index (χ3v) is 8.80. The summed E-state index contributed by atoms with van der Waals surface area (Å²) in [7, 11) is 2.00. The molecular formula is C26H32Cl2N2O2. The van der Waals surface area contributed by atoms with Gasteiger partial charge in [-0.05, 0) is 74.9 Å². The molecule has 5 rings (SSSR count). The number of hydrogen-bond acceptors (Lipinski definition) is 3. The number of likely N-dealkylation sites (tertiary alicyclic amines) is 1. The average molecular weight is 475 g/mol. The number of allylic oxidation sites excluding steroid dienone is 1. The minimum atomic E-state index is 0.0908. The Balaban J connectivity index is 1.49. The number of benzene rings is 1. The molecule has 2 aliphatic heterocycles. The maximum atomic E-state index is 13.6. The van der Waals surface area contributed by atoms with Crippen LogP contribution in [0.4, 0.5) is 0 Å². The van der Waals surface area contributed by atoms with Crippen molar-refractivity contribution in [1.82, 2.24) is 9.80 Å². The van der Waals surface area contributed by atoms with E-state index in [4.69, 9.17) is 27.9 Å². The molecule has 4 aliphatic rings. The van der Waals surface area contributed by atoms with Crippen LogP contribution in [-0.4, -0.2) is 61.1 Å². The summed E-state index contributed by atoms with van der Waals surface area (Å²) < 4.78 is 5.83. The lowest BCUT2D eigenvalue weighted by atomic mass is 9.69. The first-order valence-corrected chi connectivity index (χ1v) is 12.7. The number of carbonyl (C=O) groups excluding carboxylic acids is 1. The summed E-state index contributed by atoms with van der Waals surface area (Å²) in [5.74, 6) is 0.132. The van der Waals surface area contributed by atoms with Crippen LogP contribution in [-0.2, 0) is 16.0 Å². The zero-order valence-electron chi connectivity index (χ0n) is 18.8. The van der Waals surface area contributed by atoms with Crippen LogP contribution in [0.5, 0.6) is 0 Å². The number of ether oxygens (including phenoxy) is 1. The van der Waals surface area contributed by atoms with Crippen LogP contribution in [0.3, 0.4) is 0 Å². The highest BCUT2D eigenvalue weighted by Crippen LogP contribution is 2.56. The molecule has 4 nitrogen and oxygen atoms in total. The molecule has 32 heavy (non-hydrogen) atoms. The fourth-order valence-electron chi connectivity index (χ4n) is 6.57. The zero-order chi connectivity index (χ0) is 22.3. The Kier molecular flexibility index (Phi) is 6.41. The van der Waals surface area contributed by atoms with Gasteiger partial charge in [-0.2, -0.15) is 0 Å². The summed E-state index contributed by atoms with van der Waals surface area (Å²) in [6, 6.07) is 5.92. The fourth-order valence-corrected chi connectivity index (χ4v) is 6.89. The second-order valence-electron chi connectivity index (χ2n) is 9.71. The van der Waals surface area contributed by atoms with Crippen LogP contribution in [0.2, 0.25) is 10.0 Å². The van der Waals surface area contributed by atoms with Gasteiger partial charge in [0, 0.05) is 31.7 Å². The third kappa shape index (κ3) is 3.83. The van der Waals surface area contributed by atoms with E-state index in [0.29, 0.717) is 22.5 Å². The number of fused-ring (bicyclic) bond motifs is 1. The molecule has 1 amide bonds. The molecule has 2 heterocycles. The van der Waals surface area contributed by atoms with Crippen LogP contribution in [0.15, 0.2) is 41.5 Å². The third-order valence-electron chi connectivity index (χ3n) is 8.06. The van der Waals surface area contributed by atoms with Gasteiger partial charge in [-0.15, -0.1) is 0 Å². The molecule has 2 saturated heterocycles. The number of rotatable bonds is 4. The molecule has 1 spiro atoms. The van der Waals surface area contributed by atoms with E-state index in [1.807, 2.05) is 24.1 Å². The number of nitrogens with zero attached hydrogens (tertiary/aromatic N) is 2. The SMILES string of the molecule is CN(C(=O)Cc1ccc(Cl)c(Cl)c1)[C@H]1C2=C(CCC=C2)C2(CCOCC2)[C@@H]1N1CCCC1. The highest BCUT2D eigenvalue weighted by atomic mass is 35.5. The lowest BCUT2D eigenvalue weighted by Gasteiger charge is -2.48. The van der Waals surface area contributed by atoms with Crippen molar-refractivity contribution in [3.05, 3.63) is 57.1 Å². The maximum absolute atomic E-state index is 13.6. The van der Waals surface area contributed by atoms with Crippen LogP contribution in [0.25, 0.3) is 0 Å². The van der Waals surface area contributed by atoms with E-state index >= 15 is 0 Å². The number of amides is 1. The lowest BCUT2D eigenvalue weighted by Crippen LogP contribution is -2.57. The minimum absolute atomic E-state index is 0.0908. The predicted molar refractivity (Wildman–Crippen MR) is 129 cm³/mol. The normalized spacial score (nSPS) is 27.2. The first kappa shape index (κ1) is 22.5. The summed E-state index contributed by atoms with van der Waals surface area (Å²) in [5.41, 5.74) is 4.02. The van der Waals surface area contributed by atoms with Gasteiger partial charge in [0.15, 0.2) is 0 Å². The van der Waals surface area contributed by atoms with Crippen molar-refractivity contribution in [3.63, 3.8) is 0 Å². The van der Waals surface area contributed by atoms with Gasteiger partial charge in [0.25, 0.3) is 0 Å². The molecule has 0 saturated carbocycles. The number of halogens is 2. The highest BCUT2D eigenvalue weighted by Gasteiger charge is 2.57. The summed E-state index contributed by atoms with van der Waals surface area (Å²) in [5, 5.41) is 1.02. The van der Waals surface area contributed by atoms with Crippen LogP contribution in [0, 0.1) is 5.41 Å².